The van der Waals surface area contributed by atoms with Gasteiger partial charge in [-0.3, -0.25) is 0 Å². The molecule has 0 atom stereocenters. The van der Waals surface area contributed by atoms with Crippen molar-refractivity contribution in [1.29, 1.82) is 0 Å². The molecular formula is C15H12O5. The fraction of sp³-hybridized carbons (Fsp3) is 0. The van der Waals surface area contributed by atoms with Crippen LogP contribution in [0.25, 0.3) is 6.08 Å². The van der Waals surface area contributed by atoms with E-state index in [9.17, 15) is 14.4 Å². The summed E-state index contributed by atoms with van der Waals surface area (Å²) in [6, 6.07) is 9.43. The Balaban J connectivity index is 2.42. The summed E-state index contributed by atoms with van der Waals surface area (Å²) in [5.41, 5.74) is 0.964. The fourth-order valence-electron chi connectivity index (χ4n) is 1.17. The predicted octanol–water partition coefficient (Wildman–Crippen LogP) is 1.97. The lowest BCUT2D eigenvalue weighted by molar-refractivity contribution is -0.152. The molecule has 1 N–H and O–H groups in total. The molecule has 0 fully saturated rings. The number of hydrogen-bond acceptors (Lipinski definition) is 4. The van der Waals surface area contributed by atoms with E-state index < -0.39 is 17.9 Å². The molecule has 0 aliphatic carbocycles. The van der Waals surface area contributed by atoms with Gasteiger partial charge in [0.15, 0.2) is 0 Å². The van der Waals surface area contributed by atoms with Crippen LogP contribution in [0.2, 0.25) is 0 Å². The average molecular weight is 272 g/mol. The normalized spacial score (nSPS) is 11.2. The molecule has 20 heavy (non-hydrogen) atoms. The first kappa shape index (κ1) is 15.1. The lowest BCUT2D eigenvalue weighted by Gasteiger charge is -1.93. The number of rotatable bonds is 5. The van der Waals surface area contributed by atoms with Crippen molar-refractivity contribution in [3.63, 3.8) is 0 Å². The van der Waals surface area contributed by atoms with Crippen molar-refractivity contribution in [2.24, 2.45) is 0 Å². The van der Waals surface area contributed by atoms with Crippen LogP contribution >= 0.6 is 0 Å². The summed E-state index contributed by atoms with van der Waals surface area (Å²) in [4.78, 5) is 32.3. The van der Waals surface area contributed by atoms with E-state index in [2.05, 4.69) is 4.74 Å². The molecule has 1 aromatic rings. The van der Waals surface area contributed by atoms with E-state index in [1.807, 2.05) is 30.3 Å². The second kappa shape index (κ2) is 8.20. The minimum absolute atomic E-state index is 0.592. The zero-order valence-corrected chi connectivity index (χ0v) is 10.4. The van der Waals surface area contributed by atoms with Gasteiger partial charge in [-0.2, -0.15) is 0 Å². The van der Waals surface area contributed by atoms with Gasteiger partial charge >= 0.3 is 17.9 Å². The van der Waals surface area contributed by atoms with E-state index in [1.165, 1.54) is 6.08 Å². The molecule has 0 amide bonds. The first-order valence-electron chi connectivity index (χ1n) is 5.64. The van der Waals surface area contributed by atoms with Crippen molar-refractivity contribution in [2.75, 3.05) is 0 Å². The summed E-state index contributed by atoms with van der Waals surface area (Å²) < 4.78 is 4.30. The first-order valence-corrected chi connectivity index (χ1v) is 5.64. The molecule has 0 saturated heterocycles. The van der Waals surface area contributed by atoms with Crippen molar-refractivity contribution >= 4 is 24.0 Å². The second-order valence-corrected chi connectivity index (χ2v) is 3.54. The Bertz CT molecular complexity index is 567. The zero-order chi connectivity index (χ0) is 14.8. The summed E-state index contributed by atoms with van der Waals surface area (Å²) in [6.07, 6.45) is 7.13. The van der Waals surface area contributed by atoms with Crippen LogP contribution in [0.5, 0.6) is 0 Å². The largest absolute Gasteiger partial charge is 0.478 e. The van der Waals surface area contributed by atoms with E-state index in [-0.39, 0.29) is 0 Å². The Morgan fingerprint density at radius 3 is 2.20 bits per heavy atom. The topological polar surface area (TPSA) is 80.7 Å². The molecule has 102 valence electrons. The van der Waals surface area contributed by atoms with Crippen molar-refractivity contribution in [3.05, 3.63) is 66.3 Å². The number of carbonyl (C=O) groups excluding carboxylic acids is 2. The minimum atomic E-state index is -1.30. The summed E-state index contributed by atoms with van der Waals surface area (Å²) in [7, 11) is 0. The zero-order valence-electron chi connectivity index (χ0n) is 10.4. The monoisotopic (exact) mass is 272 g/mol. The van der Waals surface area contributed by atoms with Crippen molar-refractivity contribution in [1.82, 2.24) is 0 Å². The standard InChI is InChI=1S/C15H12O5/c16-13(17)10-11-15(19)20-14(18)9-5-4-8-12-6-2-1-3-7-12/h1-11H,(H,16,17). The summed E-state index contributed by atoms with van der Waals surface area (Å²) in [6.45, 7) is 0. The molecule has 0 bridgehead atoms. The Labute approximate surface area is 115 Å². The molecule has 0 radical (unpaired) electrons. The smallest absolute Gasteiger partial charge is 0.338 e. The van der Waals surface area contributed by atoms with Gasteiger partial charge in [0.1, 0.15) is 0 Å². The first-order chi connectivity index (χ1) is 9.58. The lowest BCUT2D eigenvalue weighted by Crippen LogP contribution is -2.07. The van der Waals surface area contributed by atoms with Crippen molar-refractivity contribution < 1.29 is 24.2 Å². The van der Waals surface area contributed by atoms with Crippen LogP contribution in [0.15, 0.2) is 60.7 Å². The Kier molecular flexibility index (Phi) is 6.20. The quantitative estimate of drug-likeness (QED) is 0.383. The average Bonchev–Trinajstić information content (AvgIpc) is 2.42. The van der Waals surface area contributed by atoms with Gasteiger partial charge < -0.3 is 9.84 Å². The number of esters is 2. The van der Waals surface area contributed by atoms with Crippen LogP contribution in [-0.2, 0) is 19.1 Å². The van der Waals surface area contributed by atoms with Gasteiger partial charge in [-0.25, -0.2) is 14.4 Å². The number of benzene rings is 1. The van der Waals surface area contributed by atoms with Gasteiger partial charge in [0.25, 0.3) is 0 Å². The summed E-state index contributed by atoms with van der Waals surface area (Å²) in [5, 5.41) is 8.28. The highest BCUT2D eigenvalue weighted by Crippen LogP contribution is 2.00. The number of ether oxygens (including phenoxy) is 1. The molecule has 5 nitrogen and oxygen atoms in total. The van der Waals surface area contributed by atoms with Gasteiger partial charge in [-0.1, -0.05) is 48.6 Å². The third-order valence-corrected chi connectivity index (χ3v) is 1.99. The molecule has 0 aliphatic rings. The molecule has 5 heteroatoms. The summed E-state index contributed by atoms with van der Waals surface area (Å²) >= 11 is 0. The lowest BCUT2D eigenvalue weighted by atomic mass is 10.2. The van der Waals surface area contributed by atoms with Crippen LogP contribution in [0.4, 0.5) is 0 Å². The number of carboxylic acids is 1. The molecule has 0 heterocycles. The number of carbonyl (C=O) groups is 3. The predicted molar refractivity (Wildman–Crippen MR) is 72.5 cm³/mol. The van der Waals surface area contributed by atoms with Crippen LogP contribution in [-0.4, -0.2) is 23.0 Å². The maximum absolute atomic E-state index is 11.2. The minimum Gasteiger partial charge on any atom is -0.478 e. The maximum atomic E-state index is 11.2. The van der Waals surface area contributed by atoms with Crippen LogP contribution in [0, 0.1) is 0 Å². The van der Waals surface area contributed by atoms with Gasteiger partial charge in [-0.15, -0.1) is 0 Å². The molecule has 0 spiro atoms. The van der Waals surface area contributed by atoms with Crippen LogP contribution < -0.4 is 0 Å². The fourth-order valence-corrected chi connectivity index (χ4v) is 1.17. The molecule has 1 aromatic carbocycles. The van der Waals surface area contributed by atoms with Crippen LogP contribution in [0.3, 0.4) is 0 Å². The van der Waals surface area contributed by atoms with E-state index in [4.69, 9.17) is 5.11 Å². The SMILES string of the molecule is O=C(O)C=CC(=O)OC(=O)C=CC=Cc1ccccc1. The highest BCUT2D eigenvalue weighted by atomic mass is 16.6. The van der Waals surface area contributed by atoms with Crippen molar-refractivity contribution in [2.45, 2.75) is 0 Å². The highest BCUT2D eigenvalue weighted by molar-refractivity contribution is 5.98. The Morgan fingerprint density at radius 1 is 0.900 bits per heavy atom. The molecule has 0 aliphatic heterocycles. The Hall–Kier alpha value is -2.95. The van der Waals surface area contributed by atoms with E-state index in [0.717, 1.165) is 11.6 Å². The van der Waals surface area contributed by atoms with Gasteiger partial charge in [0.2, 0.25) is 0 Å². The maximum Gasteiger partial charge on any atom is 0.338 e. The van der Waals surface area contributed by atoms with Gasteiger partial charge in [0, 0.05) is 18.2 Å². The third-order valence-electron chi connectivity index (χ3n) is 1.99. The number of carboxylic acid groups (broad SMARTS) is 1. The molecule has 0 unspecified atom stereocenters. The highest BCUT2D eigenvalue weighted by Gasteiger charge is 2.03. The van der Waals surface area contributed by atoms with E-state index in [0.29, 0.717) is 12.2 Å². The Morgan fingerprint density at radius 2 is 1.55 bits per heavy atom. The van der Waals surface area contributed by atoms with E-state index in [1.54, 1.807) is 12.2 Å². The number of allylic oxidation sites excluding steroid dienone is 2. The third kappa shape index (κ3) is 6.70. The molecule has 0 saturated carbocycles. The van der Waals surface area contributed by atoms with Gasteiger partial charge in [0.05, 0.1) is 0 Å². The van der Waals surface area contributed by atoms with Crippen molar-refractivity contribution in [3.8, 4) is 0 Å². The van der Waals surface area contributed by atoms with Crippen LogP contribution in [0.1, 0.15) is 5.56 Å². The second-order valence-electron chi connectivity index (χ2n) is 3.54. The molecule has 0 aromatic heterocycles. The number of hydrogen-bond donors (Lipinski definition) is 1. The van der Waals surface area contributed by atoms with Gasteiger partial charge in [-0.05, 0) is 5.56 Å². The number of aliphatic carboxylic acids is 1. The molecule has 1 rings (SSSR count). The van der Waals surface area contributed by atoms with E-state index >= 15 is 0 Å². The molecular weight excluding hydrogens is 260 g/mol. The summed E-state index contributed by atoms with van der Waals surface area (Å²) in [5.74, 6) is -3.20.